The molecule has 0 fully saturated rings. The van der Waals surface area contributed by atoms with E-state index in [1.165, 1.54) is 0 Å². The summed E-state index contributed by atoms with van der Waals surface area (Å²) in [4.78, 5) is 19.1. The van der Waals surface area contributed by atoms with Crippen molar-refractivity contribution in [3.8, 4) is 0 Å². The van der Waals surface area contributed by atoms with Crippen molar-refractivity contribution in [3.05, 3.63) is 62.9 Å². The summed E-state index contributed by atoms with van der Waals surface area (Å²) in [7, 11) is 0. The number of hydrogen-bond donors (Lipinski definition) is 2. The van der Waals surface area contributed by atoms with Crippen LogP contribution in [0.2, 0.25) is 0 Å². The van der Waals surface area contributed by atoms with Gasteiger partial charge < -0.3 is 5.32 Å². The number of hydrogen-bond acceptors (Lipinski definition) is 3. The average Bonchev–Trinajstić information content (AvgIpc) is 2.43. The summed E-state index contributed by atoms with van der Waals surface area (Å²) in [6.07, 6.45) is 0. The molecule has 0 aliphatic heterocycles. The van der Waals surface area contributed by atoms with E-state index in [2.05, 4.69) is 31.2 Å². The van der Waals surface area contributed by atoms with E-state index in [0.717, 1.165) is 15.7 Å². The predicted octanol–water partition coefficient (Wildman–Crippen LogP) is 3.74. The molecule has 0 aliphatic carbocycles. The molecule has 0 atom stereocenters. The predicted molar refractivity (Wildman–Crippen MR) is 84.5 cm³/mol. The Bertz CT molecular complexity index is 842. The number of aromatic amines is 1. The van der Waals surface area contributed by atoms with Gasteiger partial charge in [0.05, 0.1) is 10.9 Å². The molecule has 20 heavy (non-hydrogen) atoms. The van der Waals surface area contributed by atoms with Gasteiger partial charge in [0, 0.05) is 10.2 Å². The van der Waals surface area contributed by atoms with Crippen molar-refractivity contribution in [1.82, 2.24) is 9.97 Å². The average molecular weight is 330 g/mol. The number of nitrogens with zero attached hydrogens (tertiary/aromatic N) is 1. The first kappa shape index (κ1) is 12.9. The number of anilines is 2. The number of para-hydroxylation sites is 1. The first-order valence-corrected chi connectivity index (χ1v) is 6.95. The highest BCUT2D eigenvalue weighted by Gasteiger charge is 2.04. The van der Waals surface area contributed by atoms with Gasteiger partial charge in [0.2, 0.25) is 5.95 Å². The molecule has 0 saturated heterocycles. The lowest BCUT2D eigenvalue weighted by Gasteiger charge is -2.08. The van der Waals surface area contributed by atoms with Crippen LogP contribution in [0.5, 0.6) is 0 Å². The third-order valence-electron chi connectivity index (χ3n) is 3.03. The molecule has 0 unspecified atom stereocenters. The number of H-pyrrole nitrogens is 1. The maximum atomic E-state index is 12.0. The van der Waals surface area contributed by atoms with Gasteiger partial charge in [0.25, 0.3) is 5.56 Å². The number of aryl methyl sites for hydroxylation is 1. The lowest BCUT2D eigenvalue weighted by molar-refractivity contribution is 1.17. The quantitative estimate of drug-likeness (QED) is 0.753. The molecule has 3 rings (SSSR count). The van der Waals surface area contributed by atoms with Gasteiger partial charge in [0.1, 0.15) is 0 Å². The minimum Gasteiger partial charge on any atom is -0.326 e. The van der Waals surface area contributed by atoms with E-state index >= 15 is 0 Å². The summed E-state index contributed by atoms with van der Waals surface area (Å²) < 4.78 is 1.04. The molecule has 0 amide bonds. The van der Waals surface area contributed by atoms with Crippen molar-refractivity contribution in [1.29, 1.82) is 0 Å². The SMILES string of the molecule is Cc1cc(Nc2nc3ccccc3c(=O)[nH]2)ccc1Br. The van der Waals surface area contributed by atoms with Gasteiger partial charge in [-0.3, -0.25) is 9.78 Å². The van der Waals surface area contributed by atoms with Gasteiger partial charge in [-0.2, -0.15) is 0 Å². The van der Waals surface area contributed by atoms with Crippen molar-refractivity contribution in [2.24, 2.45) is 0 Å². The number of fused-ring (bicyclic) bond motifs is 1. The second kappa shape index (κ2) is 5.09. The van der Waals surface area contributed by atoms with Crippen LogP contribution < -0.4 is 10.9 Å². The molecule has 5 heteroatoms. The lowest BCUT2D eigenvalue weighted by Crippen LogP contribution is -2.11. The molecular formula is C15H12BrN3O. The van der Waals surface area contributed by atoms with Gasteiger partial charge in [-0.25, -0.2) is 4.98 Å². The molecule has 0 bridgehead atoms. The monoisotopic (exact) mass is 329 g/mol. The van der Waals surface area contributed by atoms with Crippen LogP contribution in [0.15, 0.2) is 51.7 Å². The zero-order valence-corrected chi connectivity index (χ0v) is 12.4. The summed E-state index contributed by atoms with van der Waals surface area (Å²) in [6, 6.07) is 13.1. The Labute approximate surface area is 124 Å². The Morgan fingerprint density at radius 1 is 1.20 bits per heavy atom. The number of halogens is 1. The van der Waals surface area contributed by atoms with Gasteiger partial charge in [-0.15, -0.1) is 0 Å². The maximum absolute atomic E-state index is 12.0. The van der Waals surface area contributed by atoms with E-state index in [-0.39, 0.29) is 5.56 Å². The fourth-order valence-corrected chi connectivity index (χ4v) is 2.25. The molecule has 100 valence electrons. The Kier molecular flexibility index (Phi) is 3.28. The molecule has 0 aliphatic rings. The van der Waals surface area contributed by atoms with Crippen LogP contribution in [0.3, 0.4) is 0 Å². The maximum Gasteiger partial charge on any atom is 0.260 e. The topological polar surface area (TPSA) is 57.8 Å². The van der Waals surface area contributed by atoms with Gasteiger partial charge in [-0.05, 0) is 42.8 Å². The van der Waals surface area contributed by atoms with E-state index in [0.29, 0.717) is 16.9 Å². The Balaban J connectivity index is 2.02. The van der Waals surface area contributed by atoms with Crippen molar-refractivity contribution in [2.75, 3.05) is 5.32 Å². The lowest BCUT2D eigenvalue weighted by atomic mass is 10.2. The molecule has 2 aromatic carbocycles. The fourth-order valence-electron chi connectivity index (χ4n) is 2.00. The van der Waals surface area contributed by atoms with Crippen LogP contribution in [-0.2, 0) is 0 Å². The Hall–Kier alpha value is -2.14. The minimum absolute atomic E-state index is 0.146. The van der Waals surface area contributed by atoms with Crippen molar-refractivity contribution < 1.29 is 0 Å². The van der Waals surface area contributed by atoms with Crippen LogP contribution in [0.25, 0.3) is 10.9 Å². The summed E-state index contributed by atoms with van der Waals surface area (Å²) in [5.41, 5.74) is 2.52. The molecule has 0 spiro atoms. The van der Waals surface area contributed by atoms with Gasteiger partial charge in [0.15, 0.2) is 0 Å². The first-order chi connectivity index (χ1) is 9.63. The highest BCUT2D eigenvalue weighted by atomic mass is 79.9. The van der Waals surface area contributed by atoms with Gasteiger partial charge >= 0.3 is 0 Å². The standard InChI is InChI=1S/C15H12BrN3O/c1-9-8-10(6-7-12(9)16)17-15-18-13-5-3-2-4-11(13)14(20)19-15/h2-8H,1H3,(H2,17,18,19,20). The van der Waals surface area contributed by atoms with Gasteiger partial charge in [-0.1, -0.05) is 28.1 Å². The van der Waals surface area contributed by atoms with Crippen LogP contribution in [-0.4, -0.2) is 9.97 Å². The smallest absolute Gasteiger partial charge is 0.260 e. The molecule has 3 aromatic rings. The Morgan fingerprint density at radius 3 is 2.80 bits per heavy atom. The summed E-state index contributed by atoms with van der Waals surface area (Å²) in [5, 5.41) is 3.71. The second-order valence-electron chi connectivity index (χ2n) is 4.52. The largest absolute Gasteiger partial charge is 0.326 e. The van der Waals surface area contributed by atoms with Crippen LogP contribution >= 0.6 is 15.9 Å². The molecular weight excluding hydrogens is 318 g/mol. The number of nitrogens with one attached hydrogen (secondary N) is 2. The molecule has 4 nitrogen and oxygen atoms in total. The number of aromatic nitrogens is 2. The van der Waals surface area contributed by atoms with Crippen LogP contribution in [0.1, 0.15) is 5.56 Å². The molecule has 1 aromatic heterocycles. The summed E-state index contributed by atoms with van der Waals surface area (Å²) in [5.74, 6) is 0.440. The molecule has 2 N–H and O–H groups in total. The molecule has 0 radical (unpaired) electrons. The van der Waals surface area contributed by atoms with Crippen LogP contribution in [0, 0.1) is 6.92 Å². The number of benzene rings is 2. The fraction of sp³-hybridized carbons (Fsp3) is 0.0667. The zero-order chi connectivity index (χ0) is 14.1. The number of rotatable bonds is 2. The van der Waals surface area contributed by atoms with E-state index in [4.69, 9.17) is 0 Å². The third-order valence-corrected chi connectivity index (χ3v) is 3.92. The molecule has 1 heterocycles. The Morgan fingerprint density at radius 2 is 2.00 bits per heavy atom. The summed E-state index contributed by atoms with van der Waals surface area (Å²) >= 11 is 3.46. The first-order valence-electron chi connectivity index (χ1n) is 6.16. The van der Waals surface area contributed by atoms with Crippen molar-refractivity contribution in [3.63, 3.8) is 0 Å². The summed E-state index contributed by atoms with van der Waals surface area (Å²) in [6.45, 7) is 2.01. The highest BCUT2D eigenvalue weighted by molar-refractivity contribution is 9.10. The zero-order valence-electron chi connectivity index (χ0n) is 10.8. The van der Waals surface area contributed by atoms with Crippen molar-refractivity contribution >= 4 is 38.5 Å². The highest BCUT2D eigenvalue weighted by Crippen LogP contribution is 2.21. The van der Waals surface area contributed by atoms with E-state index < -0.39 is 0 Å². The second-order valence-corrected chi connectivity index (χ2v) is 5.37. The van der Waals surface area contributed by atoms with E-state index in [1.54, 1.807) is 6.07 Å². The van der Waals surface area contributed by atoms with E-state index in [1.807, 2.05) is 43.3 Å². The minimum atomic E-state index is -0.146. The third kappa shape index (κ3) is 2.44. The van der Waals surface area contributed by atoms with E-state index in [9.17, 15) is 4.79 Å². The van der Waals surface area contributed by atoms with Crippen LogP contribution in [0.4, 0.5) is 11.6 Å². The van der Waals surface area contributed by atoms with Crippen molar-refractivity contribution in [2.45, 2.75) is 6.92 Å². The normalized spacial score (nSPS) is 10.7. The molecule has 0 saturated carbocycles.